The molecule has 114 valence electrons. The lowest BCUT2D eigenvalue weighted by Gasteiger charge is -2.19. The minimum atomic E-state index is -0.438. The second-order valence-electron chi connectivity index (χ2n) is 4.86. The van der Waals surface area contributed by atoms with Crippen molar-refractivity contribution >= 4 is 11.8 Å². The molecular weight excluding hydrogens is 268 g/mol. The van der Waals surface area contributed by atoms with Gasteiger partial charge in [-0.05, 0) is 31.9 Å². The van der Waals surface area contributed by atoms with Gasteiger partial charge in [0.15, 0.2) is 0 Å². The molecule has 1 aliphatic carbocycles. The number of hydrogen-bond donors (Lipinski definition) is 1. The molecule has 1 rings (SSSR count). The Morgan fingerprint density at radius 3 is 2.81 bits per heavy atom. The normalized spacial score (nSPS) is 21.7. The molecule has 0 saturated heterocycles. The predicted molar refractivity (Wildman–Crippen MR) is 81.7 cm³/mol. The molecule has 0 spiro atoms. The van der Waals surface area contributed by atoms with Gasteiger partial charge in [-0.3, -0.25) is 4.79 Å². The van der Waals surface area contributed by atoms with E-state index in [1.807, 2.05) is 19.1 Å². The topological polar surface area (TPSA) is 63.6 Å². The maximum atomic E-state index is 11.6. The van der Waals surface area contributed by atoms with E-state index in [4.69, 9.17) is 4.74 Å². The first-order chi connectivity index (χ1) is 10.0. The van der Waals surface area contributed by atoms with Crippen LogP contribution in [-0.2, 0) is 14.3 Å². The van der Waals surface area contributed by atoms with Gasteiger partial charge in [0.1, 0.15) is 11.5 Å². The van der Waals surface area contributed by atoms with Gasteiger partial charge in [0.2, 0.25) is 0 Å². The molecule has 0 aromatic heterocycles. The van der Waals surface area contributed by atoms with Crippen molar-refractivity contribution in [3.8, 4) is 0 Å². The number of Topliss-reactive ketones (excluding diaryl/α,β-unsaturated/α-hetero) is 1. The van der Waals surface area contributed by atoms with Gasteiger partial charge in [-0.15, -0.1) is 0 Å². The molecule has 2 atom stereocenters. The zero-order chi connectivity index (χ0) is 15.7. The lowest BCUT2D eigenvalue weighted by atomic mass is 9.85. The van der Waals surface area contributed by atoms with Crippen LogP contribution in [0, 0.1) is 11.8 Å². The largest absolute Gasteiger partial charge is 0.508 e. The van der Waals surface area contributed by atoms with Crippen LogP contribution in [0.4, 0.5) is 0 Å². The Labute approximate surface area is 125 Å². The van der Waals surface area contributed by atoms with Crippen LogP contribution in [0.2, 0.25) is 0 Å². The second kappa shape index (κ2) is 8.95. The van der Waals surface area contributed by atoms with Crippen LogP contribution < -0.4 is 0 Å². The predicted octanol–water partition coefficient (Wildman–Crippen LogP) is 3.28. The molecule has 2 unspecified atom stereocenters. The van der Waals surface area contributed by atoms with Crippen LogP contribution in [0.1, 0.15) is 26.7 Å². The molecule has 0 heterocycles. The third kappa shape index (κ3) is 6.25. The first-order valence-corrected chi connectivity index (χ1v) is 7.14. The number of rotatable bonds is 7. The molecule has 0 saturated carbocycles. The SMILES string of the molecule is CC/C=C\CCOC(=O)C=CC1C=CC(O)=CC1C(C)=O. The Morgan fingerprint density at radius 2 is 2.14 bits per heavy atom. The summed E-state index contributed by atoms with van der Waals surface area (Å²) in [6.45, 7) is 3.85. The van der Waals surface area contributed by atoms with E-state index in [0.717, 1.165) is 6.42 Å². The van der Waals surface area contributed by atoms with Crippen LogP contribution in [0.15, 0.2) is 48.3 Å². The summed E-state index contributed by atoms with van der Waals surface area (Å²) in [5, 5.41) is 9.41. The number of ether oxygens (including phenoxy) is 1. The molecule has 0 aromatic carbocycles. The summed E-state index contributed by atoms with van der Waals surface area (Å²) in [4.78, 5) is 23.1. The average molecular weight is 290 g/mol. The number of aliphatic hydroxyl groups is 1. The Bertz CT molecular complexity index is 483. The van der Waals surface area contributed by atoms with Crippen molar-refractivity contribution in [3.05, 3.63) is 48.3 Å². The zero-order valence-corrected chi connectivity index (χ0v) is 12.5. The van der Waals surface area contributed by atoms with Gasteiger partial charge >= 0.3 is 5.97 Å². The Morgan fingerprint density at radius 1 is 1.38 bits per heavy atom. The van der Waals surface area contributed by atoms with Gasteiger partial charge < -0.3 is 9.84 Å². The maximum Gasteiger partial charge on any atom is 0.330 e. The summed E-state index contributed by atoms with van der Waals surface area (Å²) in [7, 11) is 0. The molecule has 0 fully saturated rings. The van der Waals surface area contributed by atoms with Crippen molar-refractivity contribution in [1.29, 1.82) is 0 Å². The van der Waals surface area contributed by atoms with Crippen LogP contribution in [0.25, 0.3) is 0 Å². The van der Waals surface area contributed by atoms with Crippen molar-refractivity contribution in [2.45, 2.75) is 26.7 Å². The van der Waals surface area contributed by atoms with Crippen molar-refractivity contribution < 1.29 is 19.4 Å². The molecule has 0 aromatic rings. The first-order valence-electron chi connectivity index (χ1n) is 7.14. The highest BCUT2D eigenvalue weighted by molar-refractivity contribution is 5.84. The summed E-state index contributed by atoms with van der Waals surface area (Å²) in [6, 6.07) is 0. The lowest BCUT2D eigenvalue weighted by Crippen LogP contribution is -2.20. The number of hydrogen-bond acceptors (Lipinski definition) is 4. The molecule has 4 heteroatoms. The molecule has 0 radical (unpaired) electrons. The molecular formula is C17H22O4. The summed E-state index contributed by atoms with van der Waals surface area (Å²) in [6.07, 6.45) is 13.4. The highest BCUT2D eigenvalue weighted by Crippen LogP contribution is 2.24. The molecule has 4 nitrogen and oxygen atoms in total. The number of ketones is 1. The number of carbonyl (C=O) groups is 2. The quantitative estimate of drug-likeness (QED) is 0.338. The van der Waals surface area contributed by atoms with Gasteiger partial charge in [-0.1, -0.05) is 31.2 Å². The molecule has 0 aliphatic heterocycles. The number of aliphatic hydroxyl groups excluding tert-OH is 1. The van der Waals surface area contributed by atoms with E-state index in [1.165, 1.54) is 25.2 Å². The fourth-order valence-electron chi connectivity index (χ4n) is 2.00. The van der Waals surface area contributed by atoms with Gasteiger partial charge in [0.05, 0.1) is 6.61 Å². The molecule has 0 bridgehead atoms. The summed E-state index contributed by atoms with van der Waals surface area (Å²) >= 11 is 0. The van der Waals surface area contributed by atoms with E-state index < -0.39 is 11.9 Å². The Hall–Kier alpha value is -2.10. The highest BCUT2D eigenvalue weighted by atomic mass is 16.5. The van der Waals surface area contributed by atoms with E-state index in [9.17, 15) is 14.7 Å². The minimum absolute atomic E-state index is 0.0568. The number of esters is 1. The van der Waals surface area contributed by atoms with E-state index in [-0.39, 0.29) is 17.5 Å². The Kier molecular flexibility index (Phi) is 7.23. The summed E-state index contributed by atoms with van der Waals surface area (Å²) < 4.78 is 5.05. The van der Waals surface area contributed by atoms with E-state index in [0.29, 0.717) is 13.0 Å². The summed E-state index contributed by atoms with van der Waals surface area (Å²) in [5.41, 5.74) is 0. The van der Waals surface area contributed by atoms with Gasteiger partial charge in [0.25, 0.3) is 0 Å². The average Bonchev–Trinajstić information content (AvgIpc) is 2.45. The van der Waals surface area contributed by atoms with Crippen LogP contribution in [0.5, 0.6) is 0 Å². The monoisotopic (exact) mass is 290 g/mol. The van der Waals surface area contributed by atoms with Crippen molar-refractivity contribution in [2.75, 3.05) is 6.61 Å². The second-order valence-corrected chi connectivity index (χ2v) is 4.86. The zero-order valence-electron chi connectivity index (χ0n) is 12.5. The van der Waals surface area contributed by atoms with Crippen LogP contribution in [-0.4, -0.2) is 23.5 Å². The third-order valence-electron chi connectivity index (χ3n) is 3.11. The Balaban J connectivity index is 2.47. The van der Waals surface area contributed by atoms with Crippen LogP contribution >= 0.6 is 0 Å². The van der Waals surface area contributed by atoms with E-state index in [2.05, 4.69) is 0 Å². The molecule has 1 N–H and O–H groups in total. The number of carbonyl (C=O) groups excluding carboxylic acids is 2. The smallest absolute Gasteiger partial charge is 0.330 e. The van der Waals surface area contributed by atoms with Crippen molar-refractivity contribution in [1.82, 2.24) is 0 Å². The first kappa shape index (κ1) is 17.0. The van der Waals surface area contributed by atoms with Gasteiger partial charge in [-0.2, -0.15) is 0 Å². The maximum absolute atomic E-state index is 11.6. The third-order valence-corrected chi connectivity index (χ3v) is 3.11. The van der Waals surface area contributed by atoms with Gasteiger partial charge in [0, 0.05) is 17.9 Å². The van der Waals surface area contributed by atoms with Gasteiger partial charge in [-0.25, -0.2) is 4.79 Å². The molecule has 21 heavy (non-hydrogen) atoms. The van der Waals surface area contributed by atoms with Crippen LogP contribution in [0.3, 0.4) is 0 Å². The summed E-state index contributed by atoms with van der Waals surface area (Å²) in [5.74, 6) is -1.07. The highest BCUT2D eigenvalue weighted by Gasteiger charge is 2.23. The van der Waals surface area contributed by atoms with E-state index >= 15 is 0 Å². The fraction of sp³-hybridized carbons (Fsp3) is 0.412. The number of allylic oxidation sites excluding steroid dienone is 5. The molecule has 1 aliphatic rings. The lowest BCUT2D eigenvalue weighted by molar-refractivity contribution is -0.137. The van der Waals surface area contributed by atoms with Crippen molar-refractivity contribution in [3.63, 3.8) is 0 Å². The molecule has 0 amide bonds. The fourth-order valence-corrected chi connectivity index (χ4v) is 2.00. The minimum Gasteiger partial charge on any atom is -0.508 e. The van der Waals surface area contributed by atoms with Crippen molar-refractivity contribution in [2.24, 2.45) is 11.8 Å². The standard InChI is InChI=1S/C17H22O4/c1-3-4-5-6-11-21-17(20)10-8-14-7-9-15(19)12-16(14)13(2)18/h4-5,7-10,12,14,16,19H,3,6,11H2,1-2H3/b5-4-,10-8?. The van der Waals surface area contributed by atoms with E-state index in [1.54, 1.807) is 12.2 Å².